The summed E-state index contributed by atoms with van der Waals surface area (Å²) in [5.41, 5.74) is 0.289. The Balaban J connectivity index is 1.29. The first-order chi connectivity index (χ1) is 14.4. The van der Waals surface area contributed by atoms with Crippen molar-refractivity contribution in [1.82, 2.24) is 19.6 Å². The van der Waals surface area contributed by atoms with Gasteiger partial charge in [0.05, 0.1) is 6.42 Å². The van der Waals surface area contributed by atoms with E-state index in [1.54, 1.807) is 11.3 Å². The standard InChI is InChI=1S/C23H36N4O2S/c1-23(18-25-14-12-24(2)13-15-25)7-10-26(11-8-23)22(29)20-6-3-9-27(20)21(28)17-19-5-4-16-30-19/h4-5,16,20H,3,6-15,17-18H2,1-2H3/t20-/m1/s1. The molecule has 0 radical (unpaired) electrons. The minimum atomic E-state index is -0.251. The number of piperidine rings is 1. The van der Waals surface area contributed by atoms with Crippen molar-refractivity contribution < 1.29 is 9.59 Å². The molecule has 30 heavy (non-hydrogen) atoms. The second kappa shape index (κ2) is 9.37. The first-order valence-corrected chi connectivity index (χ1v) is 12.3. The number of thiophene rings is 1. The maximum atomic E-state index is 13.3. The quantitative estimate of drug-likeness (QED) is 0.715. The summed E-state index contributed by atoms with van der Waals surface area (Å²) >= 11 is 1.61. The van der Waals surface area contributed by atoms with Gasteiger partial charge >= 0.3 is 0 Å². The Morgan fingerprint density at radius 1 is 1.10 bits per heavy atom. The summed E-state index contributed by atoms with van der Waals surface area (Å²) in [7, 11) is 2.20. The lowest BCUT2D eigenvalue weighted by Crippen LogP contribution is -2.54. The maximum Gasteiger partial charge on any atom is 0.245 e. The highest BCUT2D eigenvalue weighted by atomic mass is 32.1. The molecule has 0 aromatic carbocycles. The first-order valence-electron chi connectivity index (χ1n) is 11.5. The van der Waals surface area contributed by atoms with Crippen LogP contribution in [-0.2, 0) is 16.0 Å². The Bertz CT molecular complexity index is 722. The van der Waals surface area contributed by atoms with Crippen molar-refractivity contribution in [2.75, 3.05) is 59.4 Å². The smallest absolute Gasteiger partial charge is 0.245 e. The predicted molar refractivity (Wildman–Crippen MR) is 121 cm³/mol. The number of hydrogen-bond acceptors (Lipinski definition) is 5. The monoisotopic (exact) mass is 432 g/mol. The van der Waals surface area contributed by atoms with Crippen molar-refractivity contribution in [3.63, 3.8) is 0 Å². The lowest BCUT2D eigenvalue weighted by molar-refractivity contribution is -0.145. The molecule has 3 fully saturated rings. The van der Waals surface area contributed by atoms with Gasteiger partial charge in [-0.3, -0.25) is 9.59 Å². The summed E-state index contributed by atoms with van der Waals surface area (Å²) in [5, 5.41) is 2.00. The molecular formula is C23H36N4O2S. The molecule has 0 aliphatic carbocycles. The Labute approximate surface area is 184 Å². The third-order valence-corrected chi connectivity index (χ3v) is 8.12. The molecule has 166 valence electrons. The molecule has 0 bridgehead atoms. The largest absolute Gasteiger partial charge is 0.341 e. The Morgan fingerprint density at radius 3 is 2.50 bits per heavy atom. The van der Waals surface area contributed by atoms with Crippen LogP contribution in [0.5, 0.6) is 0 Å². The fourth-order valence-corrected chi connectivity index (χ4v) is 5.86. The van der Waals surface area contributed by atoms with E-state index in [1.165, 1.54) is 0 Å². The minimum Gasteiger partial charge on any atom is -0.341 e. The summed E-state index contributed by atoms with van der Waals surface area (Å²) in [6.07, 6.45) is 4.28. The minimum absolute atomic E-state index is 0.102. The van der Waals surface area contributed by atoms with Crippen molar-refractivity contribution in [3.8, 4) is 0 Å². The van der Waals surface area contributed by atoms with Gasteiger partial charge in [-0.05, 0) is 49.6 Å². The number of rotatable bonds is 5. The zero-order chi connectivity index (χ0) is 21.1. The number of hydrogen-bond donors (Lipinski definition) is 0. The fourth-order valence-electron chi connectivity index (χ4n) is 5.17. The molecule has 2 amide bonds. The molecular weight excluding hydrogens is 396 g/mol. The number of piperazine rings is 1. The SMILES string of the molecule is CN1CCN(CC2(C)CCN(C(=O)[C@H]3CCCN3C(=O)Cc3cccs3)CC2)CC1. The van der Waals surface area contributed by atoms with Crippen molar-refractivity contribution >= 4 is 23.2 Å². The number of carbonyl (C=O) groups excluding carboxylic acids is 2. The van der Waals surface area contributed by atoms with Gasteiger partial charge in [-0.15, -0.1) is 11.3 Å². The zero-order valence-electron chi connectivity index (χ0n) is 18.5. The highest BCUT2D eigenvalue weighted by Crippen LogP contribution is 2.33. The molecule has 3 saturated heterocycles. The molecule has 4 rings (SSSR count). The van der Waals surface area contributed by atoms with Gasteiger partial charge in [-0.2, -0.15) is 0 Å². The van der Waals surface area contributed by atoms with E-state index in [0.29, 0.717) is 6.42 Å². The van der Waals surface area contributed by atoms with E-state index >= 15 is 0 Å². The average Bonchev–Trinajstić information content (AvgIpc) is 3.41. The number of amides is 2. The van der Waals surface area contributed by atoms with E-state index in [2.05, 4.69) is 23.8 Å². The molecule has 1 atom stereocenters. The van der Waals surface area contributed by atoms with E-state index in [1.807, 2.05) is 27.3 Å². The highest BCUT2D eigenvalue weighted by Gasteiger charge is 2.40. The van der Waals surface area contributed by atoms with E-state index in [4.69, 9.17) is 0 Å². The number of likely N-dealkylation sites (tertiary alicyclic amines) is 2. The van der Waals surface area contributed by atoms with Crippen LogP contribution >= 0.6 is 11.3 Å². The van der Waals surface area contributed by atoms with Gasteiger partial charge in [0.15, 0.2) is 0 Å². The third-order valence-electron chi connectivity index (χ3n) is 7.25. The molecule has 1 aromatic rings. The zero-order valence-corrected chi connectivity index (χ0v) is 19.3. The molecule has 4 heterocycles. The second-order valence-corrected chi connectivity index (χ2v) is 10.7. The third kappa shape index (κ3) is 5.06. The van der Waals surface area contributed by atoms with E-state index in [9.17, 15) is 9.59 Å². The van der Waals surface area contributed by atoms with Crippen molar-refractivity contribution in [1.29, 1.82) is 0 Å². The Kier molecular flexibility index (Phi) is 6.80. The van der Waals surface area contributed by atoms with E-state index in [-0.39, 0.29) is 23.3 Å². The molecule has 0 spiro atoms. The van der Waals surface area contributed by atoms with Crippen molar-refractivity contribution in [2.45, 2.75) is 45.1 Å². The van der Waals surface area contributed by atoms with Gasteiger partial charge in [0.25, 0.3) is 0 Å². The summed E-state index contributed by atoms with van der Waals surface area (Å²) in [6.45, 7) is 10.5. The molecule has 0 saturated carbocycles. The highest BCUT2D eigenvalue weighted by molar-refractivity contribution is 7.10. The van der Waals surface area contributed by atoms with Gasteiger partial charge in [-0.25, -0.2) is 0 Å². The maximum absolute atomic E-state index is 13.3. The topological polar surface area (TPSA) is 47.1 Å². The molecule has 0 N–H and O–H groups in total. The summed E-state index contributed by atoms with van der Waals surface area (Å²) in [6, 6.07) is 3.73. The van der Waals surface area contributed by atoms with Crippen LogP contribution in [0.2, 0.25) is 0 Å². The van der Waals surface area contributed by atoms with Crippen LogP contribution in [0.3, 0.4) is 0 Å². The second-order valence-electron chi connectivity index (χ2n) is 9.72. The number of carbonyl (C=O) groups is 2. The van der Waals surface area contributed by atoms with E-state index in [0.717, 1.165) is 82.9 Å². The van der Waals surface area contributed by atoms with Gasteiger partial charge < -0.3 is 19.6 Å². The van der Waals surface area contributed by atoms with Crippen LogP contribution in [0, 0.1) is 5.41 Å². The first kappa shape index (κ1) is 21.8. The number of likely N-dealkylation sites (N-methyl/N-ethyl adjacent to an activating group) is 1. The van der Waals surface area contributed by atoms with Gasteiger partial charge in [0.1, 0.15) is 6.04 Å². The average molecular weight is 433 g/mol. The number of nitrogens with zero attached hydrogens (tertiary/aromatic N) is 4. The van der Waals surface area contributed by atoms with Crippen LogP contribution in [0.4, 0.5) is 0 Å². The summed E-state index contributed by atoms with van der Waals surface area (Å²) in [5.74, 6) is 0.277. The van der Waals surface area contributed by atoms with Crippen LogP contribution in [0.25, 0.3) is 0 Å². The van der Waals surface area contributed by atoms with Gasteiger partial charge in [0.2, 0.25) is 11.8 Å². The molecule has 1 aromatic heterocycles. The summed E-state index contributed by atoms with van der Waals surface area (Å²) in [4.78, 5) is 36.0. The Hall–Kier alpha value is -1.44. The normalized spacial score (nSPS) is 25.6. The van der Waals surface area contributed by atoms with Gasteiger partial charge in [-0.1, -0.05) is 13.0 Å². The fraction of sp³-hybridized carbons (Fsp3) is 0.739. The molecule has 7 heteroatoms. The van der Waals surface area contributed by atoms with Crippen LogP contribution in [-0.4, -0.2) is 96.9 Å². The summed E-state index contributed by atoms with van der Waals surface area (Å²) < 4.78 is 0. The van der Waals surface area contributed by atoms with Crippen LogP contribution in [0.1, 0.15) is 37.5 Å². The molecule has 3 aliphatic rings. The molecule has 6 nitrogen and oxygen atoms in total. The predicted octanol–water partition coefficient (Wildman–Crippen LogP) is 2.16. The Morgan fingerprint density at radius 2 is 1.83 bits per heavy atom. The van der Waals surface area contributed by atoms with Crippen molar-refractivity contribution in [3.05, 3.63) is 22.4 Å². The van der Waals surface area contributed by atoms with Crippen molar-refractivity contribution in [2.24, 2.45) is 5.41 Å². The molecule has 3 aliphatic heterocycles. The van der Waals surface area contributed by atoms with Crippen LogP contribution < -0.4 is 0 Å². The molecule has 0 unspecified atom stereocenters. The van der Waals surface area contributed by atoms with Gasteiger partial charge in [0, 0.05) is 57.2 Å². The van der Waals surface area contributed by atoms with E-state index < -0.39 is 0 Å². The lowest BCUT2D eigenvalue weighted by Gasteiger charge is -2.44. The lowest BCUT2D eigenvalue weighted by atomic mass is 9.79. The van der Waals surface area contributed by atoms with Crippen LogP contribution in [0.15, 0.2) is 17.5 Å².